The van der Waals surface area contributed by atoms with Crippen molar-refractivity contribution in [2.75, 3.05) is 5.32 Å². The van der Waals surface area contributed by atoms with E-state index in [-0.39, 0.29) is 12.0 Å². The molecule has 0 saturated carbocycles. The Balaban J connectivity index is 1.79. The molecule has 3 rings (SSSR count). The molecule has 1 aliphatic carbocycles. The predicted molar refractivity (Wildman–Crippen MR) is 96.1 cm³/mol. The molecule has 0 bridgehead atoms. The number of allylic oxidation sites excluding steroid dienone is 1. The molecule has 0 saturated heterocycles. The van der Waals surface area contributed by atoms with Gasteiger partial charge in [-0.05, 0) is 55.5 Å². The third kappa shape index (κ3) is 3.54. The van der Waals surface area contributed by atoms with Crippen LogP contribution in [0.25, 0.3) is 6.08 Å². The van der Waals surface area contributed by atoms with Gasteiger partial charge in [-0.2, -0.15) is 0 Å². The number of rotatable bonds is 3. The summed E-state index contributed by atoms with van der Waals surface area (Å²) in [5.41, 5.74) is 5.38. The Morgan fingerprint density at radius 1 is 1.38 bits per heavy atom. The molecule has 1 heterocycles. The van der Waals surface area contributed by atoms with E-state index < -0.39 is 0 Å². The van der Waals surface area contributed by atoms with Crippen LogP contribution in [0.1, 0.15) is 46.1 Å². The van der Waals surface area contributed by atoms with Gasteiger partial charge in [0.1, 0.15) is 0 Å². The molecule has 0 radical (unpaired) electrons. The number of aliphatic hydroxyl groups excluding tert-OH is 1. The summed E-state index contributed by atoms with van der Waals surface area (Å²) in [7, 11) is 0. The van der Waals surface area contributed by atoms with E-state index in [2.05, 4.69) is 10.3 Å². The van der Waals surface area contributed by atoms with Crippen LogP contribution in [0.3, 0.4) is 0 Å². The maximum Gasteiger partial charge on any atom is 0.255 e. The van der Waals surface area contributed by atoms with Crippen LogP contribution in [0.15, 0.2) is 36.5 Å². The Bertz CT molecular complexity index is 796. The number of fused-ring (bicyclic) bond motifs is 1. The van der Waals surface area contributed by atoms with Gasteiger partial charge in [-0.25, -0.2) is 0 Å². The molecule has 1 amide bonds. The third-order valence-corrected chi connectivity index (χ3v) is 4.34. The summed E-state index contributed by atoms with van der Waals surface area (Å²) in [6, 6.07) is 7.70. The standard InChI is InChI=1S/C20H22N2O2/c1-3-4-14-5-7-18(13(2)9-14)20(24)22-16-10-15-11-17(23)6-8-19(15)21-12-16/h3-5,7,9-10,12,17,23H,6,8,11H2,1-2H3,(H,22,24)/b4-3+. The molecule has 4 nitrogen and oxygen atoms in total. The highest BCUT2D eigenvalue weighted by atomic mass is 16.3. The molecule has 0 spiro atoms. The predicted octanol–water partition coefficient (Wildman–Crippen LogP) is 3.53. The lowest BCUT2D eigenvalue weighted by Crippen LogP contribution is -2.20. The smallest absolute Gasteiger partial charge is 0.255 e. The second-order valence-electron chi connectivity index (χ2n) is 6.25. The quantitative estimate of drug-likeness (QED) is 0.909. The zero-order valence-corrected chi connectivity index (χ0v) is 14.0. The summed E-state index contributed by atoms with van der Waals surface area (Å²) in [4.78, 5) is 17.0. The molecule has 0 aliphatic heterocycles. The number of hydrogen-bond acceptors (Lipinski definition) is 3. The van der Waals surface area contributed by atoms with Crippen LogP contribution in [0.5, 0.6) is 0 Å². The first-order chi connectivity index (χ1) is 11.6. The molecule has 24 heavy (non-hydrogen) atoms. The second-order valence-corrected chi connectivity index (χ2v) is 6.25. The van der Waals surface area contributed by atoms with E-state index in [1.165, 1.54) is 0 Å². The van der Waals surface area contributed by atoms with Crippen molar-refractivity contribution in [3.05, 3.63) is 64.5 Å². The summed E-state index contributed by atoms with van der Waals surface area (Å²) in [6.45, 7) is 3.90. The van der Waals surface area contributed by atoms with E-state index in [4.69, 9.17) is 0 Å². The third-order valence-electron chi connectivity index (χ3n) is 4.34. The molecular weight excluding hydrogens is 300 g/mol. The first kappa shape index (κ1) is 16.4. The zero-order chi connectivity index (χ0) is 17.1. The Labute approximate surface area is 142 Å². The number of carbonyl (C=O) groups is 1. The van der Waals surface area contributed by atoms with Gasteiger partial charge in [0.2, 0.25) is 0 Å². The highest BCUT2D eigenvalue weighted by Gasteiger charge is 2.18. The van der Waals surface area contributed by atoms with E-state index in [0.29, 0.717) is 17.7 Å². The first-order valence-corrected chi connectivity index (χ1v) is 8.27. The molecule has 1 aliphatic rings. The van der Waals surface area contributed by atoms with Gasteiger partial charge in [0.05, 0.1) is 18.0 Å². The molecular formula is C20H22N2O2. The molecule has 2 aromatic rings. The van der Waals surface area contributed by atoms with E-state index in [1.807, 2.05) is 50.3 Å². The monoisotopic (exact) mass is 322 g/mol. The number of aryl methyl sites for hydroxylation is 2. The van der Waals surface area contributed by atoms with Crippen LogP contribution in [-0.2, 0) is 12.8 Å². The average Bonchev–Trinajstić information content (AvgIpc) is 2.54. The topological polar surface area (TPSA) is 62.2 Å². The number of aromatic nitrogens is 1. The Morgan fingerprint density at radius 3 is 2.96 bits per heavy atom. The van der Waals surface area contributed by atoms with E-state index in [9.17, 15) is 9.90 Å². The van der Waals surface area contributed by atoms with Crippen LogP contribution in [-0.4, -0.2) is 22.1 Å². The van der Waals surface area contributed by atoms with Crippen molar-refractivity contribution in [2.45, 2.75) is 39.2 Å². The lowest BCUT2D eigenvalue weighted by Gasteiger charge is -2.20. The minimum atomic E-state index is -0.313. The van der Waals surface area contributed by atoms with Crippen LogP contribution in [0.4, 0.5) is 5.69 Å². The maximum absolute atomic E-state index is 12.5. The molecule has 1 aromatic heterocycles. The minimum Gasteiger partial charge on any atom is -0.393 e. The molecule has 1 atom stereocenters. The summed E-state index contributed by atoms with van der Waals surface area (Å²) < 4.78 is 0. The Hall–Kier alpha value is -2.46. The SMILES string of the molecule is C/C=C/c1ccc(C(=O)Nc2cnc3c(c2)CC(O)CC3)c(C)c1. The van der Waals surface area contributed by atoms with Gasteiger partial charge in [0.15, 0.2) is 0 Å². The number of carbonyl (C=O) groups excluding carboxylic acids is 1. The van der Waals surface area contributed by atoms with Crippen molar-refractivity contribution >= 4 is 17.7 Å². The summed E-state index contributed by atoms with van der Waals surface area (Å²) in [6.07, 6.45) is 7.50. The van der Waals surface area contributed by atoms with Gasteiger partial charge in [-0.3, -0.25) is 9.78 Å². The molecule has 1 aromatic carbocycles. The lowest BCUT2D eigenvalue weighted by atomic mass is 9.93. The fraction of sp³-hybridized carbons (Fsp3) is 0.300. The maximum atomic E-state index is 12.5. The largest absolute Gasteiger partial charge is 0.393 e. The van der Waals surface area contributed by atoms with Crippen molar-refractivity contribution in [2.24, 2.45) is 0 Å². The number of hydrogen-bond donors (Lipinski definition) is 2. The van der Waals surface area contributed by atoms with Crippen LogP contribution >= 0.6 is 0 Å². The van der Waals surface area contributed by atoms with Crippen LogP contribution in [0, 0.1) is 6.92 Å². The van der Waals surface area contributed by atoms with Gasteiger partial charge in [0, 0.05) is 17.7 Å². The molecule has 4 heteroatoms. The molecule has 2 N–H and O–H groups in total. The van der Waals surface area contributed by atoms with Crippen molar-refractivity contribution in [3.63, 3.8) is 0 Å². The minimum absolute atomic E-state index is 0.141. The van der Waals surface area contributed by atoms with Crippen molar-refractivity contribution < 1.29 is 9.90 Å². The van der Waals surface area contributed by atoms with Gasteiger partial charge in [0.25, 0.3) is 5.91 Å². The van der Waals surface area contributed by atoms with Crippen LogP contribution in [0.2, 0.25) is 0 Å². The van der Waals surface area contributed by atoms with Crippen molar-refractivity contribution in [1.29, 1.82) is 0 Å². The van der Waals surface area contributed by atoms with Gasteiger partial charge >= 0.3 is 0 Å². The first-order valence-electron chi connectivity index (χ1n) is 8.27. The number of benzene rings is 1. The number of anilines is 1. The summed E-state index contributed by atoms with van der Waals surface area (Å²) in [5.74, 6) is -0.141. The number of aliphatic hydroxyl groups is 1. The number of amides is 1. The number of nitrogens with one attached hydrogen (secondary N) is 1. The van der Waals surface area contributed by atoms with Gasteiger partial charge in [-0.15, -0.1) is 0 Å². The fourth-order valence-electron chi connectivity index (χ4n) is 3.10. The Morgan fingerprint density at radius 2 is 2.21 bits per heavy atom. The van der Waals surface area contributed by atoms with E-state index in [1.54, 1.807) is 6.20 Å². The highest BCUT2D eigenvalue weighted by molar-refractivity contribution is 6.05. The number of nitrogens with zero attached hydrogens (tertiary/aromatic N) is 1. The van der Waals surface area contributed by atoms with Crippen molar-refractivity contribution in [1.82, 2.24) is 4.98 Å². The van der Waals surface area contributed by atoms with Crippen molar-refractivity contribution in [3.8, 4) is 0 Å². The molecule has 124 valence electrons. The second kappa shape index (κ2) is 6.97. The number of pyridine rings is 1. The fourth-order valence-corrected chi connectivity index (χ4v) is 3.10. The normalized spacial score (nSPS) is 16.9. The van der Waals surface area contributed by atoms with Gasteiger partial charge < -0.3 is 10.4 Å². The summed E-state index contributed by atoms with van der Waals surface area (Å²) in [5, 5.41) is 12.7. The molecule has 1 unspecified atom stereocenters. The average molecular weight is 322 g/mol. The Kier molecular flexibility index (Phi) is 4.76. The van der Waals surface area contributed by atoms with E-state index in [0.717, 1.165) is 35.2 Å². The van der Waals surface area contributed by atoms with Crippen LogP contribution < -0.4 is 5.32 Å². The molecule has 0 fully saturated rings. The lowest BCUT2D eigenvalue weighted by molar-refractivity contribution is 0.102. The zero-order valence-electron chi connectivity index (χ0n) is 14.0. The van der Waals surface area contributed by atoms with Gasteiger partial charge in [-0.1, -0.05) is 24.3 Å². The van der Waals surface area contributed by atoms with E-state index >= 15 is 0 Å². The summed E-state index contributed by atoms with van der Waals surface area (Å²) >= 11 is 0. The highest BCUT2D eigenvalue weighted by Crippen LogP contribution is 2.23.